The van der Waals surface area contributed by atoms with Crippen molar-refractivity contribution >= 4 is 11.5 Å². The summed E-state index contributed by atoms with van der Waals surface area (Å²) in [5.41, 5.74) is 1.93. The zero-order chi connectivity index (χ0) is 18.4. The molecule has 0 saturated carbocycles. The van der Waals surface area contributed by atoms with Crippen LogP contribution in [0.1, 0.15) is 30.9 Å². The number of nitrogens with zero attached hydrogens (tertiary/aromatic N) is 3. The average molecular weight is 356 g/mol. The first-order valence-electron chi connectivity index (χ1n) is 8.98. The van der Waals surface area contributed by atoms with Crippen molar-refractivity contribution in [1.82, 2.24) is 10.3 Å². The predicted molar refractivity (Wildman–Crippen MR) is 100 cm³/mol. The van der Waals surface area contributed by atoms with E-state index in [0.717, 1.165) is 30.0 Å². The second-order valence-electron chi connectivity index (χ2n) is 6.30. The first-order chi connectivity index (χ1) is 12.7. The monoisotopic (exact) mass is 356 g/mol. The minimum Gasteiger partial charge on any atom is -0.494 e. The van der Waals surface area contributed by atoms with E-state index in [4.69, 9.17) is 4.74 Å². The molecule has 0 bridgehead atoms. The van der Waals surface area contributed by atoms with Crippen LogP contribution >= 0.6 is 0 Å². The van der Waals surface area contributed by atoms with Gasteiger partial charge in [-0.05, 0) is 37.5 Å². The predicted octanol–water partition coefficient (Wildman–Crippen LogP) is 3.28. The van der Waals surface area contributed by atoms with Gasteiger partial charge in [-0.3, -0.25) is 10.1 Å². The van der Waals surface area contributed by atoms with E-state index >= 15 is 0 Å². The van der Waals surface area contributed by atoms with Gasteiger partial charge in [0.25, 0.3) is 5.69 Å². The first kappa shape index (κ1) is 18.1. The molecular weight excluding hydrogens is 332 g/mol. The minimum atomic E-state index is -0.389. The van der Waals surface area contributed by atoms with Crippen molar-refractivity contribution in [3.8, 4) is 5.75 Å². The average Bonchev–Trinajstić information content (AvgIpc) is 3.18. The van der Waals surface area contributed by atoms with Crippen LogP contribution in [0.5, 0.6) is 5.75 Å². The van der Waals surface area contributed by atoms with Crippen LogP contribution in [0.4, 0.5) is 11.5 Å². The normalized spacial score (nSPS) is 13.8. The third-order valence-corrected chi connectivity index (χ3v) is 4.44. The fourth-order valence-corrected chi connectivity index (χ4v) is 3.11. The van der Waals surface area contributed by atoms with Gasteiger partial charge in [-0.1, -0.05) is 6.07 Å². The standard InChI is InChI=1S/C19H24N4O3/c1-2-26-18-7-6-17(23(24)25)11-16(18)14-20-12-15-5-8-19(21-13-15)22-9-3-4-10-22/h5-8,11,13,20H,2-4,9-10,12,14H2,1H3. The van der Waals surface area contributed by atoms with Crippen LogP contribution in [-0.2, 0) is 13.1 Å². The Labute approximate surface area is 153 Å². The van der Waals surface area contributed by atoms with Crippen LogP contribution in [-0.4, -0.2) is 29.6 Å². The zero-order valence-corrected chi connectivity index (χ0v) is 15.0. The molecule has 0 atom stereocenters. The van der Waals surface area contributed by atoms with Crippen molar-refractivity contribution in [3.05, 3.63) is 57.8 Å². The third-order valence-electron chi connectivity index (χ3n) is 4.44. The lowest BCUT2D eigenvalue weighted by atomic mass is 10.1. The molecular formula is C19H24N4O3. The van der Waals surface area contributed by atoms with Gasteiger partial charge in [0.1, 0.15) is 11.6 Å². The van der Waals surface area contributed by atoms with E-state index in [9.17, 15) is 10.1 Å². The molecule has 1 aliphatic heterocycles. The number of benzene rings is 1. The van der Waals surface area contributed by atoms with Crippen molar-refractivity contribution in [1.29, 1.82) is 0 Å². The van der Waals surface area contributed by atoms with Gasteiger partial charge >= 0.3 is 0 Å². The van der Waals surface area contributed by atoms with Gasteiger partial charge in [0.05, 0.1) is 11.5 Å². The number of non-ortho nitro benzene ring substituents is 1. The SMILES string of the molecule is CCOc1ccc([N+](=O)[O-])cc1CNCc1ccc(N2CCCC2)nc1. The Morgan fingerprint density at radius 2 is 2.04 bits per heavy atom. The molecule has 1 aromatic carbocycles. The molecule has 0 amide bonds. The molecule has 138 valence electrons. The number of rotatable bonds is 8. The molecule has 2 aromatic rings. The number of hydrogen-bond donors (Lipinski definition) is 1. The maximum atomic E-state index is 11.0. The minimum absolute atomic E-state index is 0.0712. The Balaban J connectivity index is 1.60. The van der Waals surface area contributed by atoms with Crippen LogP contribution in [0.2, 0.25) is 0 Å². The zero-order valence-electron chi connectivity index (χ0n) is 15.0. The summed E-state index contributed by atoms with van der Waals surface area (Å²) in [7, 11) is 0. The number of nitro groups is 1. The number of hydrogen-bond acceptors (Lipinski definition) is 6. The highest BCUT2D eigenvalue weighted by Gasteiger charge is 2.13. The second kappa shape index (κ2) is 8.62. The van der Waals surface area contributed by atoms with Crippen LogP contribution in [0.3, 0.4) is 0 Å². The Kier molecular flexibility index (Phi) is 6.01. The van der Waals surface area contributed by atoms with Gasteiger partial charge < -0.3 is 15.0 Å². The Morgan fingerprint density at radius 1 is 1.23 bits per heavy atom. The highest BCUT2D eigenvalue weighted by molar-refractivity contribution is 5.44. The van der Waals surface area contributed by atoms with E-state index in [-0.39, 0.29) is 10.6 Å². The fraction of sp³-hybridized carbons (Fsp3) is 0.421. The lowest BCUT2D eigenvalue weighted by molar-refractivity contribution is -0.384. The number of aromatic nitrogens is 1. The topological polar surface area (TPSA) is 80.5 Å². The van der Waals surface area contributed by atoms with Crippen molar-refractivity contribution in [2.45, 2.75) is 32.9 Å². The number of anilines is 1. The van der Waals surface area contributed by atoms with E-state index in [1.165, 1.54) is 18.9 Å². The lowest BCUT2D eigenvalue weighted by Gasteiger charge is -2.16. The number of nitrogens with one attached hydrogen (secondary N) is 1. The molecule has 3 rings (SSSR count). The van der Waals surface area contributed by atoms with Crippen LogP contribution < -0.4 is 15.0 Å². The van der Waals surface area contributed by atoms with Crippen molar-refractivity contribution in [2.75, 3.05) is 24.6 Å². The molecule has 1 N–H and O–H groups in total. The molecule has 0 aliphatic carbocycles. The summed E-state index contributed by atoms with van der Waals surface area (Å²) in [6.45, 7) is 5.71. The van der Waals surface area contributed by atoms with E-state index in [0.29, 0.717) is 25.4 Å². The summed E-state index contributed by atoms with van der Waals surface area (Å²) in [4.78, 5) is 17.4. The second-order valence-corrected chi connectivity index (χ2v) is 6.30. The number of ether oxygens (including phenoxy) is 1. The Bertz CT molecular complexity index is 743. The van der Waals surface area contributed by atoms with E-state index in [2.05, 4.69) is 27.3 Å². The van der Waals surface area contributed by atoms with Gasteiger partial charge in [0.15, 0.2) is 0 Å². The molecule has 2 heterocycles. The summed E-state index contributed by atoms with van der Waals surface area (Å²) in [6.07, 6.45) is 4.35. The van der Waals surface area contributed by atoms with Gasteiger partial charge in [-0.15, -0.1) is 0 Å². The Hall–Kier alpha value is -2.67. The van der Waals surface area contributed by atoms with E-state index in [1.54, 1.807) is 12.1 Å². The molecule has 0 radical (unpaired) electrons. The van der Waals surface area contributed by atoms with Gasteiger partial charge in [-0.2, -0.15) is 0 Å². The van der Waals surface area contributed by atoms with Crippen molar-refractivity contribution in [3.63, 3.8) is 0 Å². The summed E-state index contributed by atoms with van der Waals surface area (Å²) in [6, 6.07) is 8.82. The molecule has 1 aliphatic rings. The van der Waals surface area contributed by atoms with Crippen LogP contribution in [0.15, 0.2) is 36.5 Å². The molecule has 1 saturated heterocycles. The number of nitro benzene ring substituents is 1. The summed E-state index contributed by atoms with van der Waals surface area (Å²) >= 11 is 0. The fourth-order valence-electron chi connectivity index (χ4n) is 3.11. The van der Waals surface area contributed by atoms with Gasteiger partial charge in [-0.25, -0.2) is 4.98 Å². The molecule has 26 heavy (non-hydrogen) atoms. The smallest absolute Gasteiger partial charge is 0.270 e. The molecule has 7 nitrogen and oxygen atoms in total. The molecule has 0 spiro atoms. The molecule has 7 heteroatoms. The quantitative estimate of drug-likeness (QED) is 0.577. The highest BCUT2D eigenvalue weighted by atomic mass is 16.6. The third kappa shape index (κ3) is 4.49. The maximum Gasteiger partial charge on any atom is 0.270 e. The van der Waals surface area contributed by atoms with Crippen molar-refractivity contribution < 1.29 is 9.66 Å². The summed E-state index contributed by atoms with van der Waals surface area (Å²) < 4.78 is 5.57. The first-order valence-corrected chi connectivity index (χ1v) is 8.98. The van der Waals surface area contributed by atoms with Gasteiger partial charge in [0, 0.05) is 50.1 Å². The Morgan fingerprint density at radius 3 is 2.69 bits per heavy atom. The molecule has 0 unspecified atom stereocenters. The molecule has 1 aromatic heterocycles. The lowest BCUT2D eigenvalue weighted by Crippen LogP contribution is -2.19. The van der Waals surface area contributed by atoms with E-state index in [1.807, 2.05) is 13.1 Å². The maximum absolute atomic E-state index is 11.0. The van der Waals surface area contributed by atoms with Crippen LogP contribution in [0, 0.1) is 10.1 Å². The van der Waals surface area contributed by atoms with Crippen molar-refractivity contribution in [2.24, 2.45) is 0 Å². The highest BCUT2D eigenvalue weighted by Crippen LogP contribution is 2.24. The summed E-state index contributed by atoms with van der Waals surface area (Å²) in [5.74, 6) is 1.71. The van der Waals surface area contributed by atoms with Crippen LogP contribution in [0.25, 0.3) is 0 Å². The number of pyridine rings is 1. The van der Waals surface area contributed by atoms with Gasteiger partial charge in [0.2, 0.25) is 0 Å². The largest absolute Gasteiger partial charge is 0.494 e. The summed E-state index contributed by atoms with van der Waals surface area (Å²) in [5, 5.41) is 14.3. The van der Waals surface area contributed by atoms with E-state index < -0.39 is 0 Å². The molecule has 1 fully saturated rings.